The topological polar surface area (TPSA) is 26.3 Å². The van der Waals surface area contributed by atoms with E-state index < -0.39 is 0 Å². The number of unbranched alkanes of at least 4 members (excludes halogenated alkanes) is 1. The Morgan fingerprint density at radius 2 is 2.19 bits per heavy atom. The Balaban J connectivity index is 3.00. The molecule has 0 aliphatic heterocycles. The molecule has 0 aliphatic rings. The van der Waals surface area contributed by atoms with E-state index in [9.17, 15) is 4.79 Å². The van der Waals surface area contributed by atoms with Crippen molar-refractivity contribution in [2.75, 3.05) is 7.11 Å². The van der Waals surface area contributed by atoms with Crippen molar-refractivity contribution in [2.45, 2.75) is 26.2 Å². The highest BCUT2D eigenvalue weighted by atomic mass is 16.5. The molecule has 0 spiro atoms. The Bertz CT molecular complexity index is 380. The predicted molar refractivity (Wildman–Crippen MR) is 66.5 cm³/mol. The lowest BCUT2D eigenvalue weighted by Gasteiger charge is -2.06. The molecule has 0 atom stereocenters. The van der Waals surface area contributed by atoms with Gasteiger partial charge in [0.15, 0.2) is 0 Å². The highest BCUT2D eigenvalue weighted by Gasteiger charge is 2.07. The van der Waals surface area contributed by atoms with Gasteiger partial charge in [0.25, 0.3) is 0 Å². The van der Waals surface area contributed by atoms with Crippen molar-refractivity contribution in [3.63, 3.8) is 0 Å². The average molecular weight is 218 g/mol. The number of hydrogen-bond donors (Lipinski definition) is 0. The first-order chi connectivity index (χ1) is 7.71. The molecule has 1 aromatic carbocycles. The first-order valence-electron chi connectivity index (χ1n) is 5.56. The Hall–Kier alpha value is -1.57. The molecule has 0 bridgehead atoms. The summed E-state index contributed by atoms with van der Waals surface area (Å²) in [5.41, 5.74) is 2.74. The second kappa shape index (κ2) is 6.11. The maximum atomic E-state index is 11.5. The zero-order valence-electron chi connectivity index (χ0n) is 9.95. The van der Waals surface area contributed by atoms with E-state index in [4.69, 9.17) is 4.74 Å². The second-order valence-electron chi connectivity index (χ2n) is 3.76. The summed E-state index contributed by atoms with van der Waals surface area (Å²) in [5, 5.41) is 0. The van der Waals surface area contributed by atoms with E-state index >= 15 is 0 Å². The SMILES string of the molecule is C=Cc1cc(CCCC)cc(C(=O)OC)c1. The molecule has 0 heterocycles. The molecule has 1 aromatic rings. The molecule has 0 radical (unpaired) electrons. The molecule has 0 amide bonds. The summed E-state index contributed by atoms with van der Waals surface area (Å²) < 4.78 is 4.72. The van der Waals surface area contributed by atoms with Gasteiger partial charge in [-0.2, -0.15) is 0 Å². The van der Waals surface area contributed by atoms with Crippen LogP contribution >= 0.6 is 0 Å². The summed E-state index contributed by atoms with van der Waals surface area (Å²) in [4.78, 5) is 11.5. The lowest BCUT2D eigenvalue weighted by atomic mass is 10.0. The fraction of sp³-hybridized carbons (Fsp3) is 0.357. The summed E-state index contributed by atoms with van der Waals surface area (Å²) >= 11 is 0. The van der Waals surface area contributed by atoms with Gasteiger partial charge in [0, 0.05) is 0 Å². The number of carbonyl (C=O) groups excluding carboxylic acids is 1. The zero-order valence-corrected chi connectivity index (χ0v) is 9.95. The van der Waals surface area contributed by atoms with Gasteiger partial charge in [0.2, 0.25) is 0 Å². The summed E-state index contributed by atoms with van der Waals surface area (Å²) in [6.45, 7) is 5.88. The molecule has 16 heavy (non-hydrogen) atoms. The van der Waals surface area contributed by atoms with Crippen LogP contribution in [0.3, 0.4) is 0 Å². The van der Waals surface area contributed by atoms with Crippen molar-refractivity contribution >= 4 is 12.0 Å². The Morgan fingerprint density at radius 1 is 1.44 bits per heavy atom. The van der Waals surface area contributed by atoms with Crippen LogP contribution in [0, 0.1) is 0 Å². The van der Waals surface area contributed by atoms with Gasteiger partial charge in [-0.25, -0.2) is 4.79 Å². The molecule has 2 nitrogen and oxygen atoms in total. The van der Waals surface area contributed by atoms with Crippen molar-refractivity contribution in [2.24, 2.45) is 0 Å². The third-order valence-corrected chi connectivity index (χ3v) is 2.49. The van der Waals surface area contributed by atoms with Gasteiger partial charge in [-0.1, -0.05) is 32.1 Å². The van der Waals surface area contributed by atoms with E-state index in [0.717, 1.165) is 24.8 Å². The summed E-state index contributed by atoms with van der Waals surface area (Å²) in [6.07, 6.45) is 5.01. The van der Waals surface area contributed by atoms with Gasteiger partial charge in [-0.05, 0) is 36.1 Å². The molecule has 2 heteroatoms. The highest BCUT2D eigenvalue weighted by molar-refractivity contribution is 5.90. The minimum atomic E-state index is -0.290. The van der Waals surface area contributed by atoms with Gasteiger partial charge in [-0.15, -0.1) is 0 Å². The zero-order chi connectivity index (χ0) is 12.0. The van der Waals surface area contributed by atoms with Crippen LogP contribution in [0.1, 0.15) is 41.3 Å². The Kier molecular flexibility index (Phi) is 4.77. The molecule has 0 unspecified atom stereocenters. The molecule has 0 fully saturated rings. The van der Waals surface area contributed by atoms with Crippen molar-refractivity contribution in [3.05, 3.63) is 41.5 Å². The number of rotatable bonds is 5. The van der Waals surface area contributed by atoms with Crippen LogP contribution in [0.4, 0.5) is 0 Å². The van der Waals surface area contributed by atoms with Crippen molar-refractivity contribution in [1.82, 2.24) is 0 Å². The number of carbonyl (C=O) groups is 1. The minimum absolute atomic E-state index is 0.290. The van der Waals surface area contributed by atoms with Crippen LogP contribution in [0.15, 0.2) is 24.8 Å². The lowest BCUT2D eigenvalue weighted by Crippen LogP contribution is -2.02. The van der Waals surface area contributed by atoms with Crippen LogP contribution in [0.2, 0.25) is 0 Å². The maximum Gasteiger partial charge on any atom is 0.337 e. The quantitative estimate of drug-likeness (QED) is 0.707. The third kappa shape index (κ3) is 3.23. The summed E-state index contributed by atoms with van der Waals surface area (Å²) in [7, 11) is 1.40. The first-order valence-corrected chi connectivity index (χ1v) is 5.56. The second-order valence-corrected chi connectivity index (χ2v) is 3.76. The van der Waals surface area contributed by atoms with E-state index in [1.807, 2.05) is 6.07 Å². The standard InChI is InChI=1S/C14H18O2/c1-4-6-7-12-8-11(5-2)9-13(10-12)14(15)16-3/h5,8-10H,2,4,6-7H2,1,3H3. The number of aryl methyl sites for hydroxylation is 1. The number of methoxy groups -OCH3 is 1. The number of esters is 1. The fourth-order valence-corrected chi connectivity index (χ4v) is 1.60. The highest BCUT2D eigenvalue weighted by Crippen LogP contribution is 2.14. The number of ether oxygens (including phenoxy) is 1. The van der Waals surface area contributed by atoms with E-state index in [0.29, 0.717) is 5.56 Å². The first kappa shape index (κ1) is 12.5. The minimum Gasteiger partial charge on any atom is -0.465 e. The molecule has 0 aliphatic carbocycles. The molecule has 0 N–H and O–H groups in total. The largest absolute Gasteiger partial charge is 0.465 e. The van der Waals surface area contributed by atoms with Crippen LogP contribution in [-0.4, -0.2) is 13.1 Å². The molecule has 0 saturated carbocycles. The van der Waals surface area contributed by atoms with Gasteiger partial charge < -0.3 is 4.74 Å². The van der Waals surface area contributed by atoms with Crippen molar-refractivity contribution in [1.29, 1.82) is 0 Å². The van der Waals surface area contributed by atoms with Crippen molar-refractivity contribution in [3.8, 4) is 0 Å². The summed E-state index contributed by atoms with van der Waals surface area (Å²) in [6, 6.07) is 5.76. The van der Waals surface area contributed by atoms with Crippen LogP contribution in [0.25, 0.3) is 6.08 Å². The molecule has 0 aromatic heterocycles. The monoisotopic (exact) mass is 218 g/mol. The normalized spacial score (nSPS) is 9.88. The van der Waals surface area contributed by atoms with Crippen LogP contribution in [0.5, 0.6) is 0 Å². The van der Waals surface area contributed by atoms with Gasteiger partial charge in [0.05, 0.1) is 12.7 Å². The van der Waals surface area contributed by atoms with Crippen molar-refractivity contribution < 1.29 is 9.53 Å². The molecule has 1 rings (SSSR count). The Morgan fingerprint density at radius 3 is 2.75 bits per heavy atom. The van der Waals surface area contributed by atoms with Crippen LogP contribution in [-0.2, 0) is 11.2 Å². The maximum absolute atomic E-state index is 11.5. The molecular formula is C14H18O2. The van der Waals surface area contributed by atoms with E-state index in [1.165, 1.54) is 12.7 Å². The molecule has 0 saturated heterocycles. The van der Waals surface area contributed by atoms with Gasteiger partial charge >= 0.3 is 5.97 Å². The van der Waals surface area contributed by atoms with E-state index in [1.54, 1.807) is 12.1 Å². The average Bonchev–Trinajstić information content (AvgIpc) is 2.34. The van der Waals surface area contributed by atoms with Gasteiger partial charge in [0.1, 0.15) is 0 Å². The summed E-state index contributed by atoms with van der Waals surface area (Å²) in [5.74, 6) is -0.290. The fourth-order valence-electron chi connectivity index (χ4n) is 1.60. The van der Waals surface area contributed by atoms with E-state index in [2.05, 4.69) is 19.6 Å². The van der Waals surface area contributed by atoms with Gasteiger partial charge in [-0.3, -0.25) is 0 Å². The smallest absolute Gasteiger partial charge is 0.337 e. The predicted octanol–water partition coefficient (Wildman–Crippen LogP) is 3.46. The number of benzene rings is 1. The molecular weight excluding hydrogens is 200 g/mol. The Labute approximate surface area is 96.9 Å². The van der Waals surface area contributed by atoms with E-state index in [-0.39, 0.29) is 5.97 Å². The molecule has 86 valence electrons. The third-order valence-electron chi connectivity index (χ3n) is 2.49. The lowest BCUT2D eigenvalue weighted by molar-refractivity contribution is 0.0600. The van der Waals surface area contributed by atoms with Crippen LogP contribution < -0.4 is 0 Å². The number of hydrogen-bond acceptors (Lipinski definition) is 2.